The van der Waals surface area contributed by atoms with Gasteiger partial charge in [-0.3, -0.25) is 0 Å². The van der Waals surface area contributed by atoms with Crippen LogP contribution in [-0.2, 0) is 0 Å². The Hall–Kier alpha value is -1.11. The van der Waals surface area contributed by atoms with E-state index in [-0.39, 0.29) is 16.8 Å². The minimum Gasteiger partial charge on any atom is -0.478 e. The molecule has 17 heavy (non-hydrogen) atoms. The van der Waals surface area contributed by atoms with Crippen LogP contribution in [-0.4, -0.2) is 32.7 Å². The van der Waals surface area contributed by atoms with Gasteiger partial charge in [0.1, 0.15) is 6.10 Å². The molecule has 0 radical (unpaired) electrons. The second-order valence-corrected chi connectivity index (χ2v) is 4.43. The monoisotopic (exact) mass is 303 g/mol. The van der Waals surface area contributed by atoms with Gasteiger partial charge in [-0.05, 0) is 24.6 Å². The Labute approximate surface area is 107 Å². The molecule has 5 nitrogen and oxygen atoms in total. The van der Waals surface area contributed by atoms with E-state index in [1.807, 2.05) is 0 Å². The van der Waals surface area contributed by atoms with E-state index in [1.165, 1.54) is 18.2 Å². The molecule has 0 spiro atoms. The number of carboxylic acids is 1. The Morgan fingerprint density at radius 3 is 2.59 bits per heavy atom. The number of hydrogen-bond acceptors (Lipinski definition) is 4. The zero-order chi connectivity index (χ0) is 13.0. The molecule has 0 aliphatic heterocycles. The number of hydrogen-bond donors (Lipinski definition) is 4. The Morgan fingerprint density at radius 2 is 2.06 bits per heavy atom. The predicted molar refractivity (Wildman–Crippen MR) is 67.2 cm³/mol. The minimum absolute atomic E-state index is 0.0271. The van der Waals surface area contributed by atoms with Crippen molar-refractivity contribution in [3.8, 4) is 0 Å². The van der Waals surface area contributed by atoms with Crippen LogP contribution >= 0.6 is 15.9 Å². The highest BCUT2D eigenvalue weighted by molar-refractivity contribution is 9.09. The number of halogens is 1. The van der Waals surface area contributed by atoms with Crippen molar-refractivity contribution in [2.24, 2.45) is 0 Å². The third-order valence-corrected chi connectivity index (χ3v) is 2.88. The summed E-state index contributed by atoms with van der Waals surface area (Å²) in [5, 5.41) is 28.9. The average Bonchev–Trinajstić information content (AvgIpc) is 2.28. The highest BCUT2D eigenvalue weighted by Gasteiger charge is 2.21. The van der Waals surface area contributed by atoms with E-state index < -0.39 is 18.2 Å². The van der Waals surface area contributed by atoms with Crippen molar-refractivity contribution in [1.29, 1.82) is 0 Å². The van der Waals surface area contributed by atoms with E-state index in [9.17, 15) is 15.0 Å². The van der Waals surface area contributed by atoms with E-state index in [4.69, 9.17) is 10.8 Å². The molecule has 0 amide bonds. The number of alkyl halides is 1. The number of rotatable bonds is 5. The molecule has 6 heteroatoms. The van der Waals surface area contributed by atoms with E-state index in [1.54, 1.807) is 0 Å². The standard InChI is InChI=1S/C11H14BrNO4/c12-4-3-9(14)10(15)7-5-6(11(16)17)1-2-8(7)13/h1-2,5,9-10,14-15H,3-4,13H2,(H,16,17). The zero-order valence-electron chi connectivity index (χ0n) is 9.01. The van der Waals surface area contributed by atoms with Gasteiger partial charge in [-0.15, -0.1) is 0 Å². The summed E-state index contributed by atoms with van der Waals surface area (Å²) in [4.78, 5) is 10.8. The van der Waals surface area contributed by atoms with Crippen molar-refractivity contribution >= 4 is 27.6 Å². The van der Waals surface area contributed by atoms with Crippen LogP contribution in [0.3, 0.4) is 0 Å². The molecule has 94 valence electrons. The SMILES string of the molecule is Nc1ccc(C(=O)O)cc1C(O)C(O)CCBr. The molecule has 1 rings (SSSR count). The summed E-state index contributed by atoms with van der Waals surface area (Å²) in [6.45, 7) is 0. The summed E-state index contributed by atoms with van der Waals surface area (Å²) in [6.07, 6.45) is -1.83. The Morgan fingerprint density at radius 1 is 1.41 bits per heavy atom. The summed E-state index contributed by atoms with van der Waals surface area (Å²) in [7, 11) is 0. The van der Waals surface area contributed by atoms with Crippen LogP contribution < -0.4 is 5.73 Å². The number of anilines is 1. The first-order valence-electron chi connectivity index (χ1n) is 5.02. The van der Waals surface area contributed by atoms with E-state index in [0.717, 1.165) is 0 Å². The molecular formula is C11H14BrNO4. The number of aliphatic hydroxyl groups excluding tert-OH is 2. The molecule has 1 aromatic carbocycles. The van der Waals surface area contributed by atoms with Gasteiger partial charge in [-0.2, -0.15) is 0 Å². The molecule has 0 fully saturated rings. The van der Waals surface area contributed by atoms with Crippen LogP contribution in [0.2, 0.25) is 0 Å². The van der Waals surface area contributed by atoms with Crippen LogP contribution in [0, 0.1) is 0 Å². The summed E-state index contributed by atoms with van der Waals surface area (Å²) in [6, 6.07) is 4.04. The second-order valence-electron chi connectivity index (χ2n) is 3.64. The Balaban J connectivity index is 3.03. The van der Waals surface area contributed by atoms with Crippen LogP contribution in [0.25, 0.3) is 0 Å². The second kappa shape index (κ2) is 6.00. The fourth-order valence-electron chi connectivity index (χ4n) is 1.44. The van der Waals surface area contributed by atoms with Gasteiger partial charge in [0.25, 0.3) is 0 Å². The van der Waals surface area contributed by atoms with Crippen molar-refractivity contribution < 1.29 is 20.1 Å². The number of carbonyl (C=O) groups is 1. The number of carboxylic acid groups (broad SMARTS) is 1. The van der Waals surface area contributed by atoms with Gasteiger partial charge in [-0.25, -0.2) is 4.79 Å². The molecule has 5 N–H and O–H groups in total. The van der Waals surface area contributed by atoms with Gasteiger partial charge in [0.15, 0.2) is 0 Å². The van der Waals surface area contributed by atoms with Gasteiger partial charge in [0.05, 0.1) is 11.7 Å². The van der Waals surface area contributed by atoms with Gasteiger partial charge in [0, 0.05) is 16.6 Å². The van der Waals surface area contributed by atoms with Crippen molar-refractivity contribution in [1.82, 2.24) is 0 Å². The van der Waals surface area contributed by atoms with Crippen molar-refractivity contribution in [3.05, 3.63) is 29.3 Å². The molecule has 0 saturated carbocycles. The quantitative estimate of drug-likeness (QED) is 0.482. The van der Waals surface area contributed by atoms with Crippen molar-refractivity contribution in [2.45, 2.75) is 18.6 Å². The maximum absolute atomic E-state index is 10.8. The first kappa shape index (κ1) is 14.0. The van der Waals surface area contributed by atoms with Crippen LogP contribution in [0.5, 0.6) is 0 Å². The highest BCUT2D eigenvalue weighted by Crippen LogP contribution is 2.26. The smallest absolute Gasteiger partial charge is 0.335 e. The molecule has 0 bridgehead atoms. The molecule has 1 aromatic rings. The van der Waals surface area contributed by atoms with Crippen molar-refractivity contribution in [3.63, 3.8) is 0 Å². The Kier molecular flexibility index (Phi) is 4.92. The number of benzene rings is 1. The molecule has 2 atom stereocenters. The predicted octanol–water partition coefficient (Wildman–Crippen LogP) is 1.15. The van der Waals surface area contributed by atoms with Crippen LogP contribution in [0.1, 0.15) is 28.4 Å². The molecule has 2 unspecified atom stereocenters. The van der Waals surface area contributed by atoms with Gasteiger partial charge in [0.2, 0.25) is 0 Å². The third kappa shape index (κ3) is 3.42. The summed E-state index contributed by atoms with van der Waals surface area (Å²) < 4.78 is 0. The lowest BCUT2D eigenvalue weighted by atomic mass is 9.99. The molecule has 0 heterocycles. The minimum atomic E-state index is -1.19. The van der Waals surface area contributed by atoms with Crippen LogP contribution in [0.4, 0.5) is 5.69 Å². The number of aliphatic hydroxyl groups is 2. The summed E-state index contributed by atoms with van der Waals surface area (Å²) >= 11 is 3.15. The molecule has 0 aliphatic rings. The fourth-order valence-corrected chi connectivity index (χ4v) is 1.91. The van der Waals surface area contributed by atoms with Gasteiger partial charge < -0.3 is 21.1 Å². The highest BCUT2D eigenvalue weighted by atomic mass is 79.9. The lowest BCUT2D eigenvalue weighted by molar-refractivity contribution is 0.0177. The first-order chi connectivity index (χ1) is 7.97. The maximum atomic E-state index is 10.8. The topological polar surface area (TPSA) is 104 Å². The molecule has 0 aliphatic carbocycles. The molecule has 0 saturated heterocycles. The number of aromatic carboxylic acids is 1. The summed E-state index contributed by atoms with van der Waals surface area (Å²) in [5.74, 6) is -1.10. The lowest BCUT2D eigenvalue weighted by Gasteiger charge is -2.19. The largest absolute Gasteiger partial charge is 0.478 e. The number of nitrogens with two attached hydrogens (primary N) is 1. The van der Waals surface area contributed by atoms with Gasteiger partial charge >= 0.3 is 5.97 Å². The molecule has 0 aromatic heterocycles. The van der Waals surface area contributed by atoms with E-state index in [2.05, 4.69) is 15.9 Å². The Bertz CT molecular complexity index is 410. The average molecular weight is 304 g/mol. The first-order valence-corrected chi connectivity index (χ1v) is 6.14. The lowest BCUT2D eigenvalue weighted by Crippen LogP contribution is -2.20. The van der Waals surface area contributed by atoms with Crippen LogP contribution in [0.15, 0.2) is 18.2 Å². The maximum Gasteiger partial charge on any atom is 0.335 e. The fraction of sp³-hybridized carbons (Fsp3) is 0.364. The summed E-state index contributed by atoms with van der Waals surface area (Å²) in [5.41, 5.74) is 6.17. The van der Waals surface area contributed by atoms with Crippen molar-refractivity contribution in [2.75, 3.05) is 11.1 Å². The molecular weight excluding hydrogens is 290 g/mol. The van der Waals surface area contributed by atoms with Gasteiger partial charge in [-0.1, -0.05) is 15.9 Å². The normalized spacial score (nSPS) is 14.3. The third-order valence-electron chi connectivity index (χ3n) is 2.42. The van der Waals surface area contributed by atoms with E-state index >= 15 is 0 Å². The zero-order valence-corrected chi connectivity index (χ0v) is 10.6. The van der Waals surface area contributed by atoms with E-state index in [0.29, 0.717) is 11.8 Å². The number of nitrogen functional groups attached to an aromatic ring is 1.